The molecule has 20 rings (SSSR count). The van der Waals surface area contributed by atoms with Gasteiger partial charge in [-0.05, 0) is 269 Å². The number of carbonyl (C=O) groups excluding carboxylic acids is 4. The van der Waals surface area contributed by atoms with E-state index in [0.29, 0.717) is 138 Å². The van der Waals surface area contributed by atoms with Gasteiger partial charge in [0, 0.05) is 156 Å². The number of piperidine rings is 4. The molecule has 4 amide bonds. The number of unbranched alkanes of at least 4 members (excludes halogenated alkanes) is 4. The molecule has 12 aromatic rings. The highest BCUT2D eigenvalue weighted by Crippen LogP contribution is 2.38. The molecule has 0 atom stereocenters. The van der Waals surface area contributed by atoms with Crippen LogP contribution >= 0.6 is 11.6 Å². The van der Waals surface area contributed by atoms with Gasteiger partial charge in [0.2, 0.25) is 0 Å². The molecule has 8 aliphatic rings. The molecular weight excluding hydrogens is 1960 g/mol. The van der Waals surface area contributed by atoms with E-state index in [1.54, 1.807) is 12.1 Å². The lowest BCUT2D eigenvalue weighted by atomic mass is 10.0. The first-order valence-electron chi connectivity index (χ1n) is 50.3. The Morgan fingerprint density at radius 3 is 0.755 bits per heavy atom. The highest BCUT2D eigenvalue weighted by Gasteiger charge is 2.41. The molecule has 40 heteroatoms. The summed E-state index contributed by atoms with van der Waals surface area (Å²) in [6, 6.07) is 40.2. The lowest BCUT2D eigenvalue weighted by Gasteiger charge is -2.32. The third-order valence-corrected chi connectivity index (χ3v) is 29.9. The normalized spacial score (nSPS) is 17.2. The van der Waals surface area contributed by atoms with Crippen LogP contribution in [0.2, 0.25) is 5.02 Å². The monoisotopic (exact) mass is 2070 g/mol. The Balaban J connectivity index is 0.000000134. The van der Waals surface area contributed by atoms with Crippen molar-refractivity contribution in [2.75, 3.05) is 105 Å². The SMILES string of the molecule is Cc1ccc2c(c1)C(=O)N(CCCCN1CCC(n3c(=O)n(CC(F)(F)F)c4cc(Cl)ccc43)CC1)C2.Cc1ccc2c(c1)C(=O)N(CCCCN1CCC(n3c(=O)n(CC(F)(F)F)c4cc(F)ccc43)CC1)C2.Cc1ccc2c(c1)C(=O)N(CCCCN1CCC(n3c(=O)n(CC(F)(F)F)c4cc(F)ccc43)CC1)C2.O=C1c2ccccc2CN1CCCCN1CCC(n2c(=O)n(CC(F)(F)F)c3cc(F)ccc32)CC1. The molecule has 24 nitrogen and oxygen atoms in total. The van der Waals surface area contributed by atoms with Crippen LogP contribution in [0.25, 0.3) is 44.1 Å². The van der Waals surface area contributed by atoms with Gasteiger partial charge in [-0.2, -0.15) is 52.7 Å². The summed E-state index contributed by atoms with van der Waals surface area (Å²) in [7, 11) is 0. The van der Waals surface area contributed by atoms with E-state index in [0.717, 1.165) is 220 Å². The second kappa shape index (κ2) is 44.7. The standard InChI is InChI=1S/C27H30ClF3N4O2.2C27H30F4N4O2.C26H28F4N4O2/c3*1-18-4-5-19-16-33(25(36)22(19)14-18)11-3-2-10-32-12-8-21(9-13-32)35-23-7-6-20(28)15-24(23)34(26(35)37)17-27(29,30)31;27-19-7-8-22-23(15-19)33(17-26(28,29)30)25(36)34(22)20-9-13-31(14-10-20)11-3-4-12-32-16-18-5-1-2-6-21(18)24(32)35/h3*4-7,14-15,21H,2-3,8-13,16-17H2,1H3;1-2,5-8,15,20H,3-4,9-14,16-17H2. The van der Waals surface area contributed by atoms with Crippen LogP contribution in [-0.4, -0.2) is 229 Å². The average molecular weight is 2080 g/mol. The Kier molecular flexibility index (Phi) is 32.3. The number of nitrogens with zero attached hydrogens (tertiary/aromatic N) is 16. The first kappa shape index (κ1) is 106. The van der Waals surface area contributed by atoms with Crippen molar-refractivity contribution in [3.63, 3.8) is 0 Å². The lowest BCUT2D eigenvalue weighted by molar-refractivity contribution is -0.141. The summed E-state index contributed by atoms with van der Waals surface area (Å²) in [6.45, 7) is 15.1. The predicted molar refractivity (Wildman–Crippen MR) is 529 cm³/mol. The maximum atomic E-state index is 13.8. The van der Waals surface area contributed by atoms with Crippen LogP contribution in [0.5, 0.6) is 0 Å². The minimum absolute atomic E-state index is 0.0291. The minimum atomic E-state index is -4.58. The molecule has 0 radical (unpaired) electrons. The molecule has 8 aliphatic heterocycles. The number of halogens is 16. The van der Waals surface area contributed by atoms with Crippen LogP contribution < -0.4 is 22.8 Å². The largest absolute Gasteiger partial charge is 0.406 e. The number of amides is 4. The summed E-state index contributed by atoms with van der Waals surface area (Å²) < 4.78 is 207. The molecule has 4 saturated heterocycles. The van der Waals surface area contributed by atoms with E-state index in [1.807, 2.05) is 119 Å². The Hall–Kier alpha value is -12.2. The average Bonchev–Trinajstić information content (AvgIpc) is 1.61. The Bertz CT molecular complexity index is 6600. The van der Waals surface area contributed by atoms with Crippen LogP contribution in [0.3, 0.4) is 0 Å². The zero-order valence-electron chi connectivity index (χ0n) is 82.0. The number of hydrogen-bond donors (Lipinski definition) is 0. The van der Waals surface area contributed by atoms with Crippen molar-refractivity contribution in [1.29, 1.82) is 0 Å². The van der Waals surface area contributed by atoms with E-state index in [9.17, 15) is 104 Å². The second-order valence-electron chi connectivity index (χ2n) is 40.1. The quantitative estimate of drug-likeness (QED) is 0.0332. The van der Waals surface area contributed by atoms with Gasteiger partial charge in [0.05, 0.1) is 44.1 Å². The van der Waals surface area contributed by atoms with Crippen LogP contribution in [0.1, 0.15) is 207 Å². The van der Waals surface area contributed by atoms with Crippen molar-refractivity contribution >= 4 is 79.4 Å². The number of rotatable bonds is 28. The number of alkyl halides is 12. The highest BCUT2D eigenvalue weighted by molar-refractivity contribution is 6.31. The number of fused-ring (bicyclic) bond motifs is 8. The molecule has 4 aromatic heterocycles. The van der Waals surface area contributed by atoms with Crippen molar-refractivity contribution in [2.45, 2.75) is 225 Å². The molecule has 786 valence electrons. The molecule has 0 N–H and O–H groups in total. The number of aryl methyl sites for hydroxylation is 3. The molecule has 0 saturated carbocycles. The van der Waals surface area contributed by atoms with Crippen LogP contribution in [0, 0.1) is 38.2 Å². The molecule has 0 aliphatic carbocycles. The van der Waals surface area contributed by atoms with Crippen LogP contribution in [0.4, 0.5) is 65.9 Å². The third kappa shape index (κ3) is 24.9. The summed E-state index contributed by atoms with van der Waals surface area (Å²) in [4.78, 5) is 119. The topological polar surface area (TPSA) is 202 Å². The Morgan fingerprint density at radius 2 is 0.497 bits per heavy atom. The van der Waals surface area contributed by atoms with Gasteiger partial charge < -0.3 is 39.2 Å². The first-order chi connectivity index (χ1) is 70.0. The molecular formula is C107H118ClF15N16O8. The van der Waals surface area contributed by atoms with E-state index in [-0.39, 0.29) is 69.9 Å². The Morgan fingerprint density at radius 1 is 0.265 bits per heavy atom. The third-order valence-electron chi connectivity index (χ3n) is 29.7. The van der Waals surface area contributed by atoms with Gasteiger partial charge in [-0.1, -0.05) is 82.9 Å². The number of carbonyl (C=O) groups is 4. The molecule has 0 bridgehead atoms. The number of benzene rings is 8. The summed E-state index contributed by atoms with van der Waals surface area (Å²) in [5.74, 6) is -1.65. The number of likely N-dealkylation sites (tertiary alicyclic amines) is 4. The van der Waals surface area contributed by atoms with Crippen molar-refractivity contribution in [1.82, 2.24) is 75.7 Å². The highest BCUT2D eigenvalue weighted by atomic mass is 35.5. The summed E-state index contributed by atoms with van der Waals surface area (Å²) in [6.07, 6.45) is -5.83. The number of hydrogen-bond acceptors (Lipinski definition) is 12. The molecule has 0 spiro atoms. The summed E-state index contributed by atoms with van der Waals surface area (Å²) >= 11 is 6.03. The summed E-state index contributed by atoms with van der Waals surface area (Å²) in [5.41, 5.74) is 9.50. The number of imidazole rings is 4. The molecule has 0 unspecified atom stereocenters. The Labute approximate surface area is 842 Å². The van der Waals surface area contributed by atoms with E-state index in [2.05, 4.69) is 19.6 Å². The maximum absolute atomic E-state index is 13.8. The summed E-state index contributed by atoms with van der Waals surface area (Å²) in [5, 5.41) is 0.296. The zero-order chi connectivity index (χ0) is 104. The predicted octanol–water partition coefficient (Wildman–Crippen LogP) is 19.7. The van der Waals surface area contributed by atoms with Crippen molar-refractivity contribution in [2.24, 2.45) is 0 Å². The van der Waals surface area contributed by atoms with Crippen LogP contribution in [-0.2, 0) is 52.4 Å². The fraction of sp³-hybridized carbons (Fsp3) is 0.477. The second-order valence-corrected chi connectivity index (χ2v) is 40.5. The minimum Gasteiger partial charge on any atom is -0.334 e. The van der Waals surface area contributed by atoms with Gasteiger partial charge >= 0.3 is 47.5 Å². The molecule has 147 heavy (non-hydrogen) atoms. The van der Waals surface area contributed by atoms with Crippen molar-refractivity contribution in [3.8, 4) is 0 Å². The van der Waals surface area contributed by atoms with Gasteiger partial charge in [0.15, 0.2) is 0 Å². The van der Waals surface area contributed by atoms with E-state index in [1.165, 1.54) is 60.7 Å². The number of aromatic nitrogens is 8. The fourth-order valence-electron chi connectivity index (χ4n) is 22.4. The van der Waals surface area contributed by atoms with Gasteiger partial charge in [-0.15, -0.1) is 0 Å². The molecule has 4 fully saturated rings. The van der Waals surface area contributed by atoms with Gasteiger partial charge in [-0.3, -0.25) is 55.7 Å². The maximum Gasteiger partial charge on any atom is 0.406 e. The fourth-order valence-corrected chi connectivity index (χ4v) is 22.5. The molecule has 8 aromatic carbocycles. The van der Waals surface area contributed by atoms with Crippen LogP contribution in [0.15, 0.2) is 171 Å². The zero-order valence-corrected chi connectivity index (χ0v) is 82.8. The smallest absolute Gasteiger partial charge is 0.334 e. The van der Waals surface area contributed by atoms with Gasteiger partial charge in [-0.25, -0.2) is 32.3 Å². The van der Waals surface area contributed by atoms with E-state index >= 15 is 0 Å². The van der Waals surface area contributed by atoms with Gasteiger partial charge in [0.1, 0.15) is 43.6 Å². The first-order valence-corrected chi connectivity index (χ1v) is 50.7. The van der Waals surface area contributed by atoms with Crippen molar-refractivity contribution < 1.29 is 85.0 Å². The molecule has 12 heterocycles. The van der Waals surface area contributed by atoms with E-state index < -0.39 is 91.1 Å². The van der Waals surface area contributed by atoms with E-state index in [4.69, 9.17) is 11.6 Å². The van der Waals surface area contributed by atoms with Gasteiger partial charge in [0.25, 0.3) is 23.6 Å². The van der Waals surface area contributed by atoms with Crippen molar-refractivity contribution in [3.05, 3.63) is 277 Å². The lowest BCUT2D eigenvalue weighted by Crippen LogP contribution is -2.39.